The molecule has 0 saturated heterocycles. The van der Waals surface area contributed by atoms with Gasteiger partial charge in [0.05, 0.1) is 37.4 Å². The molecule has 0 spiro atoms. The number of Topliss-reactive ketones (excluding diaryl/α,β-unsaturated/α-hetero) is 1. The van der Waals surface area contributed by atoms with Gasteiger partial charge in [0.25, 0.3) is 5.91 Å². The number of benzene rings is 2. The lowest BCUT2D eigenvalue weighted by molar-refractivity contribution is -0.117. The molecule has 1 atom stereocenters. The van der Waals surface area contributed by atoms with Crippen LogP contribution < -0.4 is 4.90 Å². The molecule has 1 aliphatic heterocycles. The molecule has 1 N–H and O–H groups in total. The van der Waals surface area contributed by atoms with E-state index in [0.717, 1.165) is 43.9 Å². The highest BCUT2D eigenvalue weighted by Gasteiger charge is 2.46. The molecule has 35 heavy (non-hydrogen) atoms. The van der Waals surface area contributed by atoms with E-state index in [1.165, 1.54) is 27.6 Å². The number of ketones is 1. The highest BCUT2D eigenvalue weighted by atomic mass is 32.1. The van der Waals surface area contributed by atoms with Gasteiger partial charge < -0.3 is 5.11 Å². The van der Waals surface area contributed by atoms with Crippen LogP contribution in [0.25, 0.3) is 10.2 Å². The van der Waals surface area contributed by atoms with Gasteiger partial charge in [-0.15, -0.1) is 11.3 Å². The van der Waals surface area contributed by atoms with E-state index in [-0.39, 0.29) is 11.4 Å². The van der Waals surface area contributed by atoms with Gasteiger partial charge in [-0.2, -0.15) is 0 Å². The van der Waals surface area contributed by atoms with Gasteiger partial charge in [-0.1, -0.05) is 48.6 Å². The van der Waals surface area contributed by atoms with E-state index >= 15 is 0 Å². The lowest BCUT2D eigenvalue weighted by Crippen LogP contribution is -2.31. The fraction of sp³-hybridized carbons (Fsp3) is 0.259. The van der Waals surface area contributed by atoms with E-state index in [1.807, 2.05) is 51.1 Å². The molecule has 1 amide bonds. The van der Waals surface area contributed by atoms with E-state index in [0.29, 0.717) is 15.7 Å². The van der Waals surface area contributed by atoms with Crippen molar-refractivity contribution < 1.29 is 14.7 Å². The molecular weight excluding hydrogens is 478 g/mol. The largest absolute Gasteiger partial charge is 0.503 e. The van der Waals surface area contributed by atoms with E-state index < -0.39 is 17.7 Å². The van der Waals surface area contributed by atoms with Crippen molar-refractivity contribution in [1.29, 1.82) is 0 Å². The van der Waals surface area contributed by atoms with Crippen molar-refractivity contribution in [3.05, 3.63) is 85.6 Å². The maximum absolute atomic E-state index is 13.7. The predicted molar refractivity (Wildman–Crippen MR) is 141 cm³/mol. The quantitative estimate of drug-likeness (QED) is 0.322. The highest BCUT2D eigenvalue weighted by Crippen LogP contribution is 2.45. The molecule has 3 heterocycles. The van der Waals surface area contributed by atoms with Crippen molar-refractivity contribution in [3.8, 4) is 0 Å². The van der Waals surface area contributed by atoms with Crippen molar-refractivity contribution >= 4 is 49.7 Å². The Morgan fingerprint density at radius 1 is 1.06 bits per heavy atom. The van der Waals surface area contributed by atoms with Crippen LogP contribution in [0.15, 0.2) is 47.7 Å². The van der Waals surface area contributed by atoms with Crippen LogP contribution in [0.3, 0.4) is 0 Å². The fourth-order valence-electron chi connectivity index (χ4n) is 4.61. The number of aromatic nitrogens is 2. The number of aryl methyl sites for hydroxylation is 5. The lowest BCUT2D eigenvalue weighted by atomic mass is 9.94. The molecule has 0 aliphatic carbocycles. The summed E-state index contributed by atoms with van der Waals surface area (Å²) >= 11 is 2.66. The number of hydrogen-bond donors (Lipinski definition) is 1. The third-order valence-corrected chi connectivity index (χ3v) is 8.36. The fourth-order valence-corrected chi connectivity index (χ4v) is 6.65. The van der Waals surface area contributed by atoms with Crippen molar-refractivity contribution in [3.63, 3.8) is 0 Å². The molecule has 1 unspecified atom stereocenters. The van der Waals surface area contributed by atoms with Gasteiger partial charge in [-0.3, -0.25) is 14.5 Å². The molecule has 2 aromatic heterocycles. The predicted octanol–water partition coefficient (Wildman–Crippen LogP) is 6.33. The number of anilines is 1. The van der Waals surface area contributed by atoms with Crippen molar-refractivity contribution in [1.82, 2.24) is 9.97 Å². The van der Waals surface area contributed by atoms with Crippen LogP contribution in [-0.2, 0) is 11.2 Å². The first-order valence-corrected chi connectivity index (χ1v) is 13.0. The van der Waals surface area contributed by atoms with Gasteiger partial charge >= 0.3 is 0 Å². The van der Waals surface area contributed by atoms with Gasteiger partial charge in [0.1, 0.15) is 0 Å². The number of aliphatic hydroxyl groups is 1. The number of fused-ring (bicyclic) bond motifs is 1. The van der Waals surface area contributed by atoms with E-state index in [9.17, 15) is 14.7 Å². The summed E-state index contributed by atoms with van der Waals surface area (Å²) in [7, 11) is 0. The number of nitrogens with zero attached hydrogens (tertiary/aromatic N) is 3. The minimum absolute atomic E-state index is 0.0677. The number of aliphatic hydroxyl groups excluding tert-OH is 1. The standard InChI is InChI=1S/C27H25N3O3S2/c1-6-17-7-9-18(10-8-17)22-20(23(31)25-15(4)28-16(5)34-25)24(32)26(33)30(22)27-29-21-14(3)11-13(2)12-19(21)35-27/h7-12,22,32H,6H2,1-5H3. The summed E-state index contributed by atoms with van der Waals surface area (Å²) in [5, 5.41) is 12.3. The molecule has 0 bridgehead atoms. The Bertz CT molecular complexity index is 1530. The maximum Gasteiger partial charge on any atom is 0.296 e. The number of rotatable bonds is 5. The van der Waals surface area contributed by atoms with Crippen LogP contribution in [0.5, 0.6) is 0 Å². The Morgan fingerprint density at radius 2 is 1.77 bits per heavy atom. The molecule has 1 aliphatic rings. The minimum atomic E-state index is -0.787. The molecule has 6 nitrogen and oxygen atoms in total. The molecule has 0 fully saturated rings. The Morgan fingerprint density at radius 3 is 2.40 bits per heavy atom. The second kappa shape index (κ2) is 8.70. The van der Waals surface area contributed by atoms with E-state index in [1.54, 1.807) is 6.92 Å². The second-order valence-electron chi connectivity index (χ2n) is 8.84. The molecule has 0 radical (unpaired) electrons. The zero-order valence-electron chi connectivity index (χ0n) is 20.2. The third kappa shape index (κ3) is 3.86. The number of hydrogen-bond acceptors (Lipinski definition) is 7. The van der Waals surface area contributed by atoms with Crippen LogP contribution in [0.4, 0.5) is 5.13 Å². The van der Waals surface area contributed by atoms with Gasteiger partial charge in [-0.05, 0) is 62.4 Å². The van der Waals surface area contributed by atoms with E-state index in [4.69, 9.17) is 4.98 Å². The van der Waals surface area contributed by atoms with Crippen LogP contribution in [0, 0.1) is 27.7 Å². The maximum atomic E-state index is 13.7. The van der Waals surface area contributed by atoms with E-state index in [2.05, 4.69) is 18.0 Å². The summed E-state index contributed by atoms with van der Waals surface area (Å²) in [6, 6.07) is 11.1. The Balaban J connectivity index is 1.69. The third-order valence-electron chi connectivity index (χ3n) is 6.29. The number of thiazole rings is 2. The van der Waals surface area contributed by atoms with Crippen LogP contribution in [0.2, 0.25) is 0 Å². The normalized spacial score (nSPS) is 16.1. The van der Waals surface area contributed by atoms with Crippen LogP contribution >= 0.6 is 22.7 Å². The monoisotopic (exact) mass is 503 g/mol. The molecule has 2 aromatic carbocycles. The first kappa shape index (κ1) is 23.4. The summed E-state index contributed by atoms with van der Waals surface area (Å²) in [5.74, 6) is -1.53. The number of carbonyl (C=O) groups is 2. The first-order chi connectivity index (χ1) is 16.7. The Labute approximate surface area is 211 Å². The zero-order valence-corrected chi connectivity index (χ0v) is 21.8. The van der Waals surface area contributed by atoms with Gasteiger partial charge in [0.2, 0.25) is 5.78 Å². The topological polar surface area (TPSA) is 83.4 Å². The number of amides is 1. The van der Waals surface area contributed by atoms with Gasteiger partial charge in [0, 0.05) is 0 Å². The summed E-state index contributed by atoms with van der Waals surface area (Å²) in [6.07, 6.45) is 0.871. The van der Waals surface area contributed by atoms with Crippen molar-refractivity contribution in [2.24, 2.45) is 0 Å². The smallest absolute Gasteiger partial charge is 0.296 e. The first-order valence-electron chi connectivity index (χ1n) is 11.4. The number of carbonyl (C=O) groups excluding carboxylic acids is 2. The molecular formula is C27H25N3O3S2. The average molecular weight is 504 g/mol. The SMILES string of the molecule is CCc1ccc(C2C(C(=O)c3sc(C)nc3C)=C(O)C(=O)N2c2nc3c(C)cc(C)cc3s2)cc1. The zero-order chi connectivity index (χ0) is 25.0. The Hall–Kier alpha value is -3.36. The summed E-state index contributed by atoms with van der Waals surface area (Å²) in [4.78, 5) is 38.3. The van der Waals surface area contributed by atoms with Gasteiger partial charge in [0.15, 0.2) is 10.9 Å². The molecule has 4 aromatic rings. The van der Waals surface area contributed by atoms with Crippen molar-refractivity contribution in [2.45, 2.75) is 47.1 Å². The molecule has 8 heteroatoms. The summed E-state index contributed by atoms with van der Waals surface area (Å²) in [6.45, 7) is 9.69. The Kier molecular flexibility index (Phi) is 5.81. The molecule has 0 saturated carbocycles. The molecule has 5 rings (SSSR count). The van der Waals surface area contributed by atoms with Crippen molar-refractivity contribution in [2.75, 3.05) is 4.90 Å². The van der Waals surface area contributed by atoms with Crippen LogP contribution in [-0.4, -0.2) is 26.8 Å². The van der Waals surface area contributed by atoms with Gasteiger partial charge in [-0.25, -0.2) is 9.97 Å². The average Bonchev–Trinajstić information content (AvgIpc) is 3.47. The minimum Gasteiger partial charge on any atom is -0.503 e. The highest BCUT2D eigenvalue weighted by molar-refractivity contribution is 7.22. The summed E-state index contributed by atoms with van der Waals surface area (Å²) < 4.78 is 0.957. The summed E-state index contributed by atoms with van der Waals surface area (Å²) in [5.41, 5.74) is 5.49. The lowest BCUT2D eigenvalue weighted by Gasteiger charge is -2.24. The second-order valence-corrected chi connectivity index (χ2v) is 11.0. The van der Waals surface area contributed by atoms with Crippen LogP contribution in [0.1, 0.15) is 55.6 Å². The molecule has 178 valence electrons.